The van der Waals surface area contributed by atoms with E-state index in [-0.39, 0.29) is 31.2 Å². The van der Waals surface area contributed by atoms with Crippen LogP contribution in [0.25, 0.3) is 11.1 Å². The second-order valence-electron chi connectivity index (χ2n) is 6.62. The van der Waals surface area contributed by atoms with E-state index in [0.717, 1.165) is 5.56 Å². The summed E-state index contributed by atoms with van der Waals surface area (Å²) in [6.45, 7) is 0.454. The van der Waals surface area contributed by atoms with Crippen LogP contribution in [0.3, 0.4) is 0 Å². The Bertz CT molecular complexity index is 887. The summed E-state index contributed by atoms with van der Waals surface area (Å²) in [6, 6.07) is 10.5. The van der Waals surface area contributed by atoms with Gasteiger partial charge < -0.3 is 14.7 Å². The van der Waals surface area contributed by atoms with Gasteiger partial charge in [0.2, 0.25) is 5.91 Å². The molecule has 0 aromatic heterocycles. The second kappa shape index (κ2) is 6.13. The molecule has 1 heterocycles. The van der Waals surface area contributed by atoms with Gasteiger partial charge in [-0.2, -0.15) is 0 Å². The number of fused-ring (bicyclic) bond motifs is 1. The number of hydrogen-bond acceptors (Lipinski definition) is 3. The number of phenolic OH excluding ortho intramolecular Hbond substituents is 1. The Balaban J connectivity index is 1.67. The Morgan fingerprint density at radius 1 is 1.27 bits per heavy atom. The van der Waals surface area contributed by atoms with Crippen molar-refractivity contribution >= 4 is 17.5 Å². The summed E-state index contributed by atoms with van der Waals surface area (Å²) in [5, 5.41) is 10.9. The number of ether oxygens (including phenoxy) is 1. The lowest BCUT2D eigenvalue weighted by molar-refractivity contribution is -0.135. The van der Waals surface area contributed by atoms with Crippen LogP contribution in [0.15, 0.2) is 36.4 Å². The molecule has 1 atom stereocenters. The van der Waals surface area contributed by atoms with Gasteiger partial charge in [0.15, 0.2) is 11.5 Å². The number of aromatic hydroxyl groups is 1. The van der Waals surface area contributed by atoms with Crippen molar-refractivity contribution in [3.63, 3.8) is 0 Å². The molecule has 4 nitrogen and oxygen atoms in total. The lowest BCUT2D eigenvalue weighted by Crippen LogP contribution is -2.34. The fourth-order valence-corrected chi connectivity index (χ4v) is 3.41. The van der Waals surface area contributed by atoms with E-state index in [1.165, 1.54) is 4.90 Å². The number of amides is 1. The monoisotopic (exact) mass is 379 g/mol. The van der Waals surface area contributed by atoms with Gasteiger partial charge in [-0.05, 0) is 35.4 Å². The summed E-state index contributed by atoms with van der Waals surface area (Å²) < 4.78 is 32.1. The van der Waals surface area contributed by atoms with Crippen molar-refractivity contribution in [1.29, 1.82) is 0 Å². The zero-order valence-corrected chi connectivity index (χ0v) is 14.5. The molecular weight excluding hydrogens is 364 g/mol. The fourth-order valence-electron chi connectivity index (χ4n) is 3.22. The molecule has 4 rings (SSSR count). The topological polar surface area (TPSA) is 49.8 Å². The molecule has 26 heavy (non-hydrogen) atoms. The molecule has 1 N–H and O–H groups in total. The van der Waals surface area contributed by atoms with E-state index in [0.29, 0.717) is 16.1 Å². The van der Waals surface area contributed by atoms with Gasteiger partial charge in [-0.15, -0.1) is 0 Å². The highest BCUT2D eigenvalue weighted by molar-refractivity contribution is 6.30. The van der Waals surface area contributed by atoms with Gasteiger partial charge in [-0.25, -0.2) is 8.78 Å². The predicted molar refractivity (Wildman–Crippen MR) is 92.5 cm³/mol. The molecule has 2 aliphatic rings. The zero-order chi connectivity index (χ0) is 18.5. The van der Waals surface area contributed by atoms with Crippen molar-refractivity contribution in [2.24, 2.45) is 5.92 Å². The van der Waals surface area contributed by atoms with E-state index in [9.17, 15) is 18.7 Å². The molecule has 0 spiro atoms. The Morgan fingerprint density at radius 3 is 2.73 bits per heavy atom. The van der Waals surface area contributed by atoms with Crippen LogP contribution in [0.2, 0.25) is 5.02 Å². The maximum absolute atomic E-state index is 13.3. The predicted octanol–water partition coefficient (Wildman–Crippen LogP) is 4.09. The molecule has 1 saturated carbocycles. The molecule has 0 radical (unpaired) electrons. The van der Waals surface area contributed by atoms with Crippen LogP contribution in [-0.4, -0.2) is 35.0 Å². The minimum Gasteiger partial charge on any atom is -0.504 e. The highest BCUT2D eigenvalue weighted by Crippen LogP contribution is 2.50. The van der Waals surface area contributed by atoms with Crippen LogP contribution in [0, 0.1) is 5.92 Å². The van der Waals surface area contributed by atoms with Gasteiger partial charge >= 0.3 is 0 Å². The van der Waals surface area contributed by atoms with E-state index in [1.54, 1.807) is 30.3 Å². The number of nitrogens with zero attached hydrogens (tertiary/aromatic N) is 1. The normalized spacial score (nSPS) is 20.7. The van der Waals surface area contributed by atoms with Gasteiger partial charge in [-0.3, -0.25) is 4.79 Å². The number of benzene rings is 2. The van der Waals surface area contributed by atoms with Crippen LogP contribution < -0.4 is 4.74 Å². The molecular formula is C19H16ClF2NO3. The van der Waals surface area contributed by atoms with Crippen molar-refractivity contribution in [1.82, 2.24) is 4.90 Å². The molecule has 1 aliphatic heterocycles. The first-order valence-corrected chi connectivity index (χ1v) is 8.64. The average molecular weight is 380 g/mol. The second-order valence-corrected chi connectivity index (χ2v) is 7.06. The maximum atomic E-state index is 13.3. The summed E-state index contributed by atoms with van der Waals surface area (Å²) in [7, 11) is 0. The molecule has 0 saturated heterocycles. The molecule has 1 aliphatic carbocycles. The molecule has 0 bridgehead atoms. The molecule has 136 valence electrons. The van der Waals surface area contributed by atoms with E-state index < -0.39 is 24.2 Å². The van der Waals surface area contributed by atoms with Crippen molar-refractivity contribution in [3.05, 3.63) is 47.0 Å². The van der Waals surface area contributed by atoms with Crippen LogP contribution in [-0.2, 0) is 11.3 Å². The van der Waals surface area contributed by atoms with E-state index in [4.69, 9.17) is 16.3 Å². The first-order valence-electron chi connectivity index (χ1n) is 8.26. The number of alkyl halides is 2. The quantitative estimate of drug-likeness (QED) is 0.855. The third-order valence-electron chi connectivity index (χ3n) is 4.71. The number of carbonyl (C=O) groups excluding carboxylic acids is 1. The number of carbonyl (C=O) groups is 1. The summed E-state index contributed by atoms with van der Waals surface area (Å²) >= 11 is 6.03. The van der Waals surface area contributed by atoms with Crippen LogP contribution in [0.1, 0.15) is 12.0 Å². The minimum atomic E-state index is -2.90. The van der Waals surface area contributed by atoms with Crippen LogP contribution >= 0.6 is 11.6 Å². The van der Waals surface area contributed by atoms with Crippen LogP contribution in [0.5, 0.6) is 11.5 Å². The number of phenols is 1. The van der Waals surface area contributed by atoms with Crippen molar-refractivity contribution < 1.29 is 23.4 Å². The first-order chi connectivity index (χ1) is 12.3. The van der Waals surface area contributed by atoms with E-state index in [1.807, 2.05) is 6.07 Å². The lowest BCUT2D eigenvalue weighted by Gasteiger charge is -2.20. The van der Waals surface area contributed by atoms with Crippen molar-refractivity contribution in [2.45, 2.75) is 18.9 Å². The van der Waals surface area contributed by atoms with E-state index in [2.05, 4.69) is 0 Å². The molecule has 2 aromatic carbocycles. The lowest BCUT2D eigenvalue weighted by atomic mass is 10.0. The average Bonchev–Trinajstić information content (AvgIpc) is 3.28. The number of halogens is 3. The first kappa shape index (κ1) is 17.1. The SMILES string of the molecule is O=C([C@H]1CC1(F)F)N1CCOc2c(O)cc(-c3cccc(Cl)c3)cc2C1. The third-order valence-corrected chi connectivity index (χ3v) is 4.94. The van der Waals surface area contributed by atoms with Gasteiger partial charge in [-0.1, -0.05) is 23.7 Å². The third kappa shape index (κ3) is 3.09. The highest BCUT2D eigenvalue weighted by atomic mass is 35.5. The molecule has 0 unspecified atom stereocenters. The standard InChI is InChI=1S/C19H16ClF2NO3/c20-14-3-1-2-11(7-14)12-6-13-10-23(18(25)15-9-19(15,21)22)4-5-26-17(13)16(24)8-12/h1-3,6-8,15,24H,4-5,9-10H2/t15-/m1/s1. The minimum absolute atomic E-state index is 0.0523. The molecule has 2 aromatic rings. The van der Waals surface area contributed by atoms with Gasteiger partial charge in [0, 0.05) is 23.6 Å². The molecule has 7 heteroatoms. The summed E-state index contributed by atoms with van der Waals surface area (Å²) in [5.74, 6) is -4.48. The molecule has 1 fully saturated rings. The van der Waals surface area contributed by atoms with Gasteiger partial charge in [0.25, 0.3) is 5.92 Å². The van der Waals surface area contributed by atoms with Gasteiger partial charge in [0.05, 0.1) is 6.54 Å². The Hall–Kier alpha value is -2.34. The van der Waals surface area contributed by atoms with Gasteiger partial charge in [0.1, 0.15) is 12.5 Å². The summed E-state index contributed by atoms with van der Waals surface area (Å²) in [5.41, 5.74) is 2.08. The van der Waals surface area contributed by atoms with E-state index >= 15 is 0 Å². The van der Waals surface area contributed by atoms with Crippen molar-refractivity contribution in [2.75, 3.05) is 13.2 Å². The number of rotatable bonds is 2. The highest BCUT2D eigenvalue weighted by Gasteiger charge is 2.62. The Morgan fingerprint density at radius 2 is 2.04 bits per heavy atom. The Kier molecular flexibility index (Phi) is 4.03. The smallest absolute Gasteiger partial charge is 0.260 e. The molecule has 1 amide bonds. The summed E-state index contributed by atoms with van der Waals surface area (Å²) in [6.07, 6.45) is -0.399. The van der Waals surface area contributed by atoms with Crippen molar-refractivity contribution in [3.8, 4) is 22.6 Å². The number of hydrogen-bond donors (Lipinski definition) is 1. The Labute approximate surface area is 153 Å². The zero-order valence-electron chi connectivity index (χ0n) is 13.7. The summed E-state index contributed by atoms with van der Waals surface area (Å²) in [4.78, 5) is 13.7. The van der Waals surface area contributed by atoms with Crippen LogP contribution in [0.4, 0.5) is 8.78 Å². The maximum Gasteiger partial charge on any atom is 0.260 e. The largest absolute Gasteiger partial charge is 0.504 e. The fraction of sp³-hybridized carbons (Fsp3) is 0.316.